The predicted octanol–water partition coefficient (Wildman–Crippen LogP) is 26.2. The van der Waals surface area contributed by atoms with E-state index in [4.69, 9.17) is 0 Å². The first-order valence-corrected chi connectivity index (χ1v) is 62.9. The first kappa shape index (κ1) is 96.1. The molecule has 146 heavy (non-hydrogen) atoms. The lowest BCUT2D eigenvalue weighted by Crippen LogP contribution is -2.80. The Bertz CT molecular complexity index is 7750. The van der Waals surface area contributed by atoms with Crippen LogP contribution in [-0.4, -0.2) is 44.4 Å². The van der Waals surface area contributed by atoms with Crippen molar-refractivity contribution in [3.63, 3.8) is 0 Å². The molecule has 15 aromatic carbocycles. The lowest BCUT2D eigenvalue weighted by molar-refractivity contribution is 0.590. The largest absolute Gasteiger partial charge is 0.311 e. The molecule has 734 valence electrons. The quantitative estimate of drug-likeness (QED) is 0.113. The molecule has 1 unspecified atom stereocenters. The molecule has 9 aliphatic rings. The van der Waals surface area contributed by atoms with E-state index in [1.807, 2.05) is 0 Å². The van der Waals surface area contributed by atoms with E-state index in [-0.39, 0.29) is 63.5 Å². The van der Waals surface area contributed by atoms with E-state index < -0.39 is 24.2 Å². The third-order valence-corrected chi connectivity index (χ3v) is 48.2. The molecular weight excluding hydrogens is 1810 g/mol. The van der Waals surface area contributed by atoms with E-state index in [1.165, 1.54) is 229 Å². The molecule has 15 aromatic rings. The van der Waals surface area contributed by atoms with Gasteiger partial charge in [-0.25, -0.2) is 0 Å². The van der Waals surface area contributed by atoms with Gasteiger partial charge in [-0.1, -0.05) is 339 Å². The number of nitrogens with zero attached hydrogens (tertiary/aromatic N) is 6. The van der Waals surface area contributed by atoms with Gasteiger partial charge in [-0.3, -0.25) is 0 Å². The molecule has 9 heterocycles. The molecule has 0 spiro atoms. The number of anilines is 18. The van der Waals surface area contributed by atoms with Gasteiger partial charge in [-0.05, 0) is 369 Å². The Morgan fingerprint density at radius 1 is 0.192 bits per heavy atom. The fourth-order valence-corrected chi connectivity index (χ4v) is 39.5. The minimum absolute atomic E-state index is 0.00158. The van der Waals surface area contributed by atoms with Gasteiger partial charge in [0.2, 0.25) is 0 Å². The summed E-state index contributed by atoms with van der Waals surface area (Å²) < 4.78 is 0. The average Bonchev–Trinajstić information content (AvgIpc) is 0.474. The summed E-state index contributed by atoms with van der Waals surface area (Å²) in [7, 11) is -8.34. The molecule has 24 rings (SSSR count). The van der Waals surface area contributed by atoms with Crippen molar-refractivity contribution in [2.75, 3.05) is 29.4 Å². The van der Waals surface area contributed by atoms with E-state index in [0.29, 0.717) is 0 Å². The Kier molecular flexibility index (Phi) is 21.1. The molecule has 0 saturated heterocycles. The first-order valence-electron chi connectivity index (χ1n) is 54.4. The third-order valence-electron chi connectivity index (χ3n) is 35.7. The summed E-state index contributed by atoms with van der Waals surface area (Å²) in [6, 6.07) is 111. The van der Waals surface area contributed by atoms with Crippen molar-refractivity contribution >= 4 is 227 Å². The highest BCUT2D eigenvalue weighted by Crippen LogP contribution is 2.54. The van der Waals surface area contributed by atoms with Crippen molar-refractivity contribution < 1.29 is 0 Å². The lowest BCUT2D eigenvalue weighted by Gasteiger charge is -2.51. The van der Waals surface area contributed by atoms with Gasteiger partial charge in [0.15, 0.2) is 0 Å². The summed E-state index contributed by atoms with van der Waals surface area (Å²) in [5, 5.41) is 9.47. The molecule has 0 aliphatic carbocycles. The summed E-state index contributed by atoms with van der Waals surface area (Å²) in [5.74, 6) is 0. The summed E-state index contributed by atoms with van der Waals surface area (Å²) in [4.78, 5) is 16.5. The van der Waals surface area contributed by atoms with Gasteiger partial charge in [-0.15, -0.1) is 0 Å². The van der Waals surface area contributed by atoms with Gasteiger partial charge in [0.05, 0.1) is 0 Å². The molecule has 6 nitrogen and oxygen atoms in total. The fraction of sp³-hybridized carbons (Fsp3) is 0.328. The zero-order valence-corrected chi connectivity index (χ0v) is 96.1. The Balaban J connectivity index is 0.716. The highest BCUT2D eigenvalue weighted by atomic mass is 28.3. The summed E-state index contributed by atoms with van der Waals surface area (Å²) in [6.45, 7) is 77.7. The summed E-state index contributed by atoms with van der Waals surface area (Å²) in [6.07, 6.45) is 1.75. The molecule has 12 heteroatoms. The first-order chi connectivity index (χ1) is 68.6. The monoisotopic (exact) mass is 1960 g/mol. The second-order valence-corrected chi connectivity index (χ2v) is 67.4. The maximum atomic E-state index is 2.82. The van der Waals surface area contributed by atoms with Crippen LogP contribution in [-0.2, 0) is 56.2 Å². The van der Waals surface area contributed by atoms with Crippen molar-refractivity contribution in [1.82, 2.24) is 0 Å². The van der Waals surface area contributed by atoms with E-state index >= 15 is 0 Å². The number of benzene rings is 15. The maximum Gasteiger partial charge on any atom is 0.251 e. The number of hydrogen-bond donors (Lipinski definition) is 0. The molecule has 0 N–H and O–H groups in total. The highest BCUT2D eigenvalue weighted by Gasteiger charge is 2.59. The molecule has 0 amide bonds. The molecular formula is C134H147B3N6Si3. The van der Waals surface area contributed by atoms with Crippen molar-refractivity contribution in [2.45, 2.75) is 288 Å². The second-order valence-electron chi connectivity index (χ2n) is 54.6. The van der Waals surface area contributed by atoms with Crippen molar-refractivity contribution in [2.24, 2.45) is 0 Å². The Labute approximate surface area is 876 Å². The summed E-state index contributed by atoms with van der Waals surface area (Å²) in [5.41, 5.74) is 54.6. The normalized spacial score (nSPS) is 16.6. The topological polar surface area (TPSA) is 19.4 Å². The van der Waals surface area contributed by atoms with Crippen molar-refractivity contribution in [3.05, 3.63) is 339 Å². The van der Waals surface area contributed by atoms with Crippen LogP contribution >= 0.6 is 0 Å². The average molecular weight is 1960 g/mol. The second kappa shape index (κ2) is 32.0. The lowest BCUT2D eigenvalue weighted by atomic mass is 9.33. The number of rotatable bonds is 12. The van der Waals surface area contributed by atoms with Crippen LogP contribution in [0.3, 0.4) is 0 Å². The van der Waals surface area contributed by atoms with Crippen LogP contribution in [0.2, 0.25) is 38.3 Å². The molecule has 0 radical (unpaired) electrons. The van der Waals surface area contributed by atoms with Gasteiger partial charge >= 0.3 is 0 Å². The van der Waals surface area contributed by atoms with Gasteiger partial charge < -0.3 is 29.4 Å². The zero-order valence-electron chi connectivity index (χ0n) is 93.1. The van der Waals surface area contributed by atoms with E-state index in [2.05, 4.69) is 510 Å². The molecule has 1 atom stereocenters. The van der Waals surface area contributed by atoms with Crippen molar-refractivity contribution in [3.8, 4) is 0 Å². The third kappa shape index (κ3) is 14.6. The Morgan fingerprint density at radius 3 is 0.637 bits per heavy atom. The molecule has 0 fully saturated rings. The van der Waals surface area contributed by atoms with E-state index in [9.17, 15) is 0 Å². The van der Waals surface area contributed by atoms with Crippen LogP contribution in [0.4, 0.5) is 102 Å². The molecule has 0 saturated carbocycles. The minimum Gasteiger partial charge on any atom is -0.311 e. The van der Waals surface area contributed by atoms with Gasteiger partial charge in [0.1, 0.15) is 24.2 Å². The minimum atomic E-state index is -2.98. The van der Waals surface area contributed by atoms with Gasteiger partial charge in [0, 0.05) is 102 Å². The number of hydrogen-bond acceptors (Lipinski definition) is 6. The van der Waals surface area contributed by atoms with Crippen LogP contribution in [0.15, 0.2) is 261 Å². The number of aryl methyl sites for hydroxylation is 6. The van der Waals surface area contributed by atoms with E-state index in [1.54, 1.807) is 31.1 Å². The van der Waals surface area contributed by atoms with Crippen molar-refractivity contribution in [1.29, 1.82) is 0 Å². The van der Waals surface area contributed by atoms with Crippen LogP contribution in [0.5, 0.6) is 0 Å². The predicted molar refractivity (Wildman–Crippen MR) is 645 cm³/mol. The van der Waals surface area contributed by atoms with Gasteiger partial charge in [0.25, 0.3) is 20.1 Å². The highest BCUT2D eigenvalue weighted by molar-refractivity contribution is 7.18. The summed E-state index contributed by atoms with van der Waals surface area (Å²) >= 11 is 0. The standard InChI is InChI=1S/C134H147B3N6Si3/c1-80-64-101-118-102(65-80)139(95-50-38-87(39-51-95)128(8,9)10)103-66-81(2)69-115-124(103)135(118)121-100(138(101)94-48-36-86(37-49-94)127(5,6)7)34-33-35-112(121)145(115,31)62-60-84-72-106-120-107(73-84)141(97-54-42-89(43-55-97)130(14,15)16)105-68-83(4)71-117-126(105)137(120)125-104(140(106)96-52-40-88(41-53-96)129(11,12)13)67-82(3)70-116(125)146(117,32)63-61-85-74-108-119-109(75-85)143(99-58-46-91(47-59-99)132(20,21)22)111-77-93(134(26,27)28)79-114-123(111)136(119)122-110(76-92(133(23,24)25)78-113(122)144(114,29)30)142(108)98-56-44-90(45-57-98)131(17,18)19/h33-59,64-79H,60-63H2,1-32H3. The fourth-order valence-electron chi connectivity index (χ4n) is 27.4. The van der Waals surface area contributed by atoms with Crippen LogP contribution < -0.4 is 110 Å². The maximum absolute atomic E-state index is 2.98. The zero-order chi connectivity index (χ0) is 103. The Morgan fingerprint density at radius 2 is 0.390 bits per heavy atom. The smallest absolute Gasteiger partial charge is 0.251 e. The van der Waals surface area contributed by atoms with Gasteiger partial charge in [-0.2, -0.15) is 0 Å². The Hall–Kier alpha value is -12.1. The molecule has 0 aromatic heterocycles. The van der Waals surface area contributed by atoms with Crippen LogP contribution in [0.1, 0.15) is 244 Å². The van der Waals surface area contributed by atoms with E-state index in [0.717, 1.165) is 24.9 Å². The molecule has 0 bridgehead atoms. The van der Waals surface area contributed by atoms with Crippen LogP contribution in [0.25, 0.3) is 0 Å². The van der Waals surface area contributed by atoms with Crippen LogP contribution in [0, 0.1) is 27.7 Å². The molecule has 9 aliphatic heterocycles. The SMILES string of the molecule is Cc1cc2c3c(c1)N(c1ccc(C(C)(C)C)cc1)c1cc(C)cc4c1B3c1c(cccc1[Si]4(C)CCc1cc3c4c(c1)N(c1ccc(C(C)(C)C)cc1)c1cc(C)cc5c1B4c1c(cc(C)cc1[Si]5(C)CCc1cc4c5c(c1)N(c1ccc(C(C)(C)C)cc1)c1cc(C(C)(C)C)cc6c1B5c1c(cc(C(C)(C)C)cc1[Si]6(C)C)N4c1ccc(C(C)(C)C)cc1)N3c1ccc(C(C)(C)C)cc1)N2c1ccc(C(C)(C)C)cc1.